The number of benzene rings is 2. The van der Waals surface area contributed by atoms with Crippen LogP contribution in [0.5, 0.6) is 5.75 Å². The van der Waals surface area contributed by atoms with Gasteiger partial charge in [-0.15, -0.1) is 0 Å². The molecule has 146 valence electrons. The number of nitrogens with zero attached hydrogens (tertiary/aromatic N) is 1. The molecule has 1 aliphatic heterocycles. The van der Waals surface area contributed by atoms with Gasteiger partial charge in [0.2, 0.25) is 5.91 Å². The molecule has 1 heterocycles. The highest BCUT2D eigenvalue weighted by Gasteiger charge is 2.21. The van der Waals surface area contributed by atoms with E-state index in [1.807, 2.05) is 0 Å². The molecule has 0 spiro atoms. The molecule has 1 fully saturated rings. The molecule has 2 amide bonds. The van der Waals surface area contributed by atoms with E-state index < -0.39 is 5.97 Å². The third-order valence-corrected chi connectivity index (χ3v) is 4.43. The molecule has 0 aromatic heterocycles. The fourth-order valence-electron chi connectivity index (χ4n) is 2.97. The van der Waals surface area contributed by atoms with Crippen molar-refractivity contribution in [2.45, 2.75) is 25.7 Å². The number of nitrogens with one attached hydrogen (secondary N) is 1. The summed E-state index contributed by atoms with van der Waals surface area (Å²) < 4.78 is 5.46. The summed E-state index contributed by atoms with van der Waals surface area (Å²) in [5.74, 6) is -0.360. The first-order chi connectivity index (χ1) is 13.5. The lowest BCUT2D eigenvalue weighted by Gasteiger charge is -2.15. The van der Waals surface area contributed by atoms with Crippen LogP contribution in [0.1, 0.15) is 36.0 Å². The van der Waals surface area contributed by atoms with Crippen LogP contribution < -0.4 is 15.0 Å². The van der Waals surface area contributed by atoms with Gasteiger partial charge in [0.1, 0.15) is 5.75 Å². The molecule has 0 radical (unpaired) electrons. The standard InChI is InChI=1S/C21H22N2O5/c24-19-3-1-13-23(19)17-9-5-15(6-10-17)21(27)22-16-7-11-18(12-8-16)28-14-2-4-20(25)26/h5-12H,1-4,13-14H2,(H,22,27)(H,25,26). The topological polar surface area (TPSA) is 95.9 Å². The minimum atomic E-state index is -0.846. The molecule has 2 N–H and O–H groups in total. The summed E-state index contributed by atoms with van der Waals surface area (Å²) in [5, 5.41) is 11.4. The van der Waals surface area contributed by atoms with Gasteiger partial charge in [-0.3, -0.25) is 14.4 Å². The smallest absolute Gasteiger partial charge is 0.303 e. The van der Waals surface area contributed by atoms with Crippen LogP contribution in [0.3, 0.4) is 0 Å². The van der Waals surface area contributed by atoms with Gasteiger partial charge in [-0.25, -0.2) is 0 Å². The lowest BCUT2D eigenvalue weighted by Crippen LogP contribution is -2.23. The first-order valence-electron chi connectivity index (χ1n) is 9.19. The van der Waals surface area contributed by atoms with Gasteiger partial charge in [0.25, 0.3) is 5.91 Å². The zero-order valence-corrected chi connectivity index (χ0v) is 15.4. The Labute approximate surface area is 162 Å². The van der Waals surface area contributed by atoms with Crippen LogP contribution in [-0.2, 0) is 9.59 Å². The Morgan fingerprint density at radius 3 is 2.39 bits per heavy atom. The summed E-state index contributed by atoms with van der Waals surface area (Å²) in [6.07, 6.45) is 1.94. The number of amides is 2. The highest BCUT2D eigenvalue weighted by atomic mass is 16.5. The van der Waals surface area contributed by atoms with Crippen LogP contribution in [-0.4, -0.2) is 36.0 Å². The van der Waals surface area contributed by atoms with Crippen molar-refractivity contribution in [1.29, 1.82) is 0 Å². The molecule has 28 heavy (non-hydrogen) atoms. The van der Waals surface area contributed by atoms with Crippen molar-refractivity contribution < 1.29 is 24.2 Å². The molecule has 7 nitrogen and oxygen atoms in total. The summed E-state index contributed by atoms with van der Waals surface area (Å²) in [4.78, 5) is 36.4. The number of carbonyl (C=O) groups excluding carboxylic acids is 2. The van der Waals surface area contributed by atoms with E-state index >= 15 is 0 Å². The van der Waals surface area contributed by atoms with Crippen LogP contribution in [0.2, 0.25) is 0 Å². The molecule has 2 aromatic carbocycles. The van der Waals surface area contributed by atoms with Gasteiger partial charge in [-0.1, -0.05) is 0 Å². The summed E-state index contributed by atoms with van der Waals surface area (Å²) in [6, 6.07) is 13.9. The molecular formula is C21H22N2O5. The summed E-state index contributed by atoms with van der Waals surface area (Å²) in [6.45, 7) is 1.04. The van der Waals surface area contributed by atoms with Gasteiger partial charge in [-0.05, 0) is 61.4 Å². The monoisotopic (exact) mass is 382 g/mol. The van der Waals surface area contributed by atoms with E-state index in [4.69, 9.17) is 9.84 Å². The Balaban J connectivity index is 1.52. The number of ether oxygens (including phenoxy) is 1. The van der Waals surface area contributed by atoms with Crippen molar-refractivity contribution in [3.63, 3.8) is 0 Å². The van der Waals surface area contributed by atoms with Crippen molar-refractivity contribution in [3.05, 3.63) is 54.1 Å². The average Bonchev–Trinajstić information content (AvgIpc) is 3.12. The second-order valence-corrected chi connectivity index (χ2v) is 6.52. The average molecular weight is 382 g/mol. The Kier molecular flexibility index (Phi) is 6.26. The van der Waals surface area contributed by atoms with E-state index in [9.17, 15) is 14.4 Å². The number of rotatable bonds is 8. The normalized spacial score (nSPS) is 13.4. The van der Waals surface area contributed by atoms with E-state index in [-0.39, 0.29) is 18.2 Å². The molecule has 0 saturated carbocycles. The van der Waals surface area contributed by atoms with Gasteiger partial charge in [0.15, 0.2) is 0 Å². The zero-order valence-electron chi connectivity index (χ0n) is 15.4. The van der Waals surface area contributed by atoms with Crippen molar-refractivity contribution in [1.82, 2.24) is 0 Å². The predicted molar refractivity (Wildman–Crippen MR) is 105 cm³/mol. The Morgan fingerprint density at radius 1 is 1.07 bits per heavy atom. The number of hydrogen-bond donors (Lipinski definition) is 2. The molecule has 7 heteroatoms. The van der Waals surface area contributed by atoms with Gasteiger partial charge in [0, 0.05) is 36.3 Å². The third kappa shape index (κ3) is 5.09. The Bertz CT molecular complexity index is 846. The first-order valence-corrected chi connectivity index (χ1v) is 9.19. The second kappa shape index (κ2) is 9.03. The summed E-state index contributed by atoms with van der Waals surface area (Å²) >= 11 is 0. The van der Waals surface area contributed by atoms with E-state index in [0.29, 0.717) is 36.4 Å². The SMILES string of the molecule is O=C(O)CCCOc1ccc(NC(=O)c2ccc(N3CCCC3=O)cc2)cc1. The van der Waals surface area contributed by atoms with E-state index in [2.05, 4.69) is 5.32 Å². The molecule has 0 bridgehead atoms. The predicted octanol–water partition coefficient (Wildman–Crippen LogP) is 3.31. The Morgan fingerprint density at radius 2 is 1.79 bits per heavy atom. The van der Waals surface area contributed by atoms with Gasteiger partial charge in [-0.2, -0.15) is 0 Å². The van der Waals surface area contributed by atoms with Crippen molar-refractivity contribution in [3.8, 4) is 5.75 Å². The fourth-order valence-corrected chi connectivity index (χ4v) is 2.97. The van der Waals surface area contributed by atoms with Crippen LogP contribution in [0.15, 0.2) is 48.5 Å². The molecule has 1 saturated heterocycles. The highest BCUT2D eigenvalue weighted by molar-refractivity contribution is 6.04. The summed E-state index contributed by atoms with van der Waals surface area (Å²) in [7, 11) is 0. The molecule has 3 rings (SSSR count). The minimum Gasteiger partial charge on any atom is -0.494 e. The van der Waals surface area contributed by atoms with Gasteiger partial charge in [0.05, 0.1) is 6.61 Å². The number of hydrogen-bond acceptors (Lipinski definition) is 4. The van der Waals surface area contributed by atoms with E-state index in [1.54, 1.807) is 53.4 Å². The van der Waals surface area contributed by atoms with Crippen molar-refractivity contribution >= 4 is 29.2 Å². The second-order valence-electron chi connectivity index (χ2n) is 6.52. The van der Waals surface area contributed by atoms with E-state index in [1.165, 1.54) is 0 Å². The lowest BCUT2D eigenvalue weighted by molar-refractivity contribution is -0.137. The molecule has 0 aliphatic carbocycles. The Hall–Kier alpha value is -3.35. The highest BCUT2D eigenvalue weighted by Crippen LogP contribution is 2.22. The molecule has 0 atom stereocenters. The van der Waals surface area contributed by atoms with Gasteiger partial charge < -0.3 is 20.1 Å². The number of carboxylic acid groups (broad SMARTS) is 1. The molecule has 1 aliphatic rings. The molecule has 0 unspecified atom stereocenters. The largest absolute Gasteiger partial charge is 0.494 e. The number of carbonyl (C=O) groups is 3. The molecule has 2 aromatic rings. The maximum atomic E-state index is 12.4. The fraction of sp³-hybridized carbons (Fsp3) is 0.286. The van der Waals surface area contributed by atoms with Crippen molar-refractivity contribution in [2.24, 2.45) is 0 Å². The van der Waals surface area contributed by atoms with Crippen LogP contribution in [0, 0.1) is 0 Å². The first kappa shape index (κ1) is 19.4. The quantitative estimate of drug-likeness (QED) is 0.683. The van der Waals surface area contributed by atoms with Gasteiger partial charge >= 0.3 is 5.97 Å². The zero-order chi connectivity index (χ0) is 19.9. The van der Waals surface area contributed by atoms with E-state index in [0.717, 1.165) is 18.7 Å². The van der Waals surface area contributed by atoms with Crippen LogP contribution in [0.25, 0.3) is 0 Å². The summed E-state index contributed by atoms with van der Waals surface area (Å²) in [5.41, 5.74) is 1.94. The van der Waals surface area contributed by atoms with Crippen LogP contribution in [0.4, 0.5) is 11.4 Å². The van der Waals surface area contributed by atoms with Crippen molar-refractivity contribution in [2.75, 3.05) is 23.4 Å². The number of anilines is 2. The molecular weight excluding hydrogens is 360 g/mol. The minimum absolute atomic E-state index is 0.0683. The van der Waals surface area contributed by atoms with Crippen LogP contribution >= 0.6 is 0 Å². The maximum Gasteiger partial charge on any atom is 0.303 e. The number of aliphatic carboxylic acids is 1. The third-order valence-electron chi connectivity index (χ3n) is 4.43. The lowest BCUT2D eigenvalue weighted by atomic mass is 10.1. The maximum absolute atomic E-state index is 12.4. The number of carboxylic acids is 1.